The maximum Gasteiger partial charge on any atom is 0.192 e. The summed E-state index contributed by atoms with van der Waals surface area (Å²) in [6.07, 6.45) is 1.60. The van der Waals surface area contributed by atoms with E-state index in [1.807, 2.05) is 50.2 Å². The molecule has 4 rings (SSSR count). The summed E-state index contributed by atoms with van der Waals surface area (Å²) in [6, 6.07) is 13.1. The SMILES string of the molecule is CCN(CC)C1=C(C#N)C2=C(C(=O)c3ccccc32)C(c2ccco2)N1. The molecule has 0 spiro atoms. The Morgan fingerprint density at radius 3 is 2.50 bits per heavy atom. The summed E-state index contributed by atoms with van der Waals surface area (Å²) >= 11 is 0. The molecule has 2 aliphatic rings. The van der Waals surface area contributed by atoms with Crippen LogP contribution in [-0.2, 0) is 0 Å². The van der Waals surface area contributed by atoms with Crippen LogP contribution in [-0.4, -0.2) is 23.8 Å². The standard InChI is InChI=1S/C21H19N3O2/c1-3-24(4-2)21-15(12-22)17-13-8-5-6-9-14(13)20(25)18(17)19(23-21)16-10-7-11-26-16/h5-11,19,23H,3-4H2,1-2H3. The van der Waals surface area contributed by atoms with E-state index in [9.17, 15) is 10.1 Å². The average molecular weight is 345 g/mol. The first-order valence-electron chi connectivity index (χ1n) is 8.79. The van der Waals surface area contributed by atoms with Crippen LogP contribution in [0.4, 0.5) is 0 Å². The Balaban J connectivity index is 2.00. The molecule has 1 unspecified atom stereocenters. The van der Waals surface area contributed by atoms with Crippen LogP contribution in [0.2, 0.25) is 0 Å². The molecule has 1 aliphatic carbocycles. The molecule has 5 nitrogen and oxygen atoms in total. The van der Waals surface area contributed by atoms with Crippen molar-refractivity contribution in [1.82, 2.24) is 10.2 Å². The minimum atomic E-state index is -0.410. The first kappa shape index (κ1) is 16.2. The summed E-state index contributed by atoms with van der Waals surface area (Å²) in [5, 5.41) is 13.3. The van der Waals surface area contributed by atoms with E-state index in [1.165, 1.54) is 0 Å². The van der Waals surface area contributed by atoms with Crippen LogP contribution in [0.25, 0.3) is 5.57 Å². The maximum absolute atomic E-state index is 13.1. The van der Waals surface area contributed by atoms with Gasteiger partial charge in [-0.05, 0) is 31.5 Å². The van der Waals surface area contributed by atoms with Gasteiger partial charge in [-0.15, -0.1) is 0 Å². The average Bonchev–Trinajstić information content (AvgIpc) is 3.30. The van der Waals surface area contributed by atoms with Crippen LogP contribution in [0.15, 0.2) is 64.0 Å². The van der Waals surface area contributed by atoms with Gasteiger partial charge >= 0.3 is 0 Å². The number of furan rings is 1. The highest BCUT2D eigenvalue weighted by molar-refractivity contribution is 6.24. The van der Waals surface area contributed by atoms with Crippen molar-refractivity contribution in [2.45, 2.75) is 19.9 Å². The largest absolute Gasteiger partial charge is 0.467 e. The van der Waals surface area contributed by atoms with Crippen LogP contribution >= 0.6 is 0 Å². The Labute approximate surface area is 152 Å². The second kappa shape index (κ2) is 6.23. The monoisotopic (exact) mass is 345 g/mol. The van der Waals surface area contributed by atoms with Gasteiger partial charge in [0.15, 0.2) is 5.78 Å². The number of rotatable bonds is 4. The minimum Gasteiger partial charge on any atom is -0.467 e. The Morgan fingerprint density at radius 2 is 1.88 bits per heavy atom. The number of dihydropyridines is 1. The molecule has 1 atom stereocenters. The first-order chi connectivity index (χ1) is 12.7. The van der Waals surface area contributed by atoms with Crippen molar-refractivity contribution >= 4 is 11.4 Å². The molecule has 130 valence electrons. The summed E-state index contributed by atoms with van der Waals surface area (Å²) in [6.45, 7) is 5.61. The summed E-state index contributed by atoms with van der Waals surface area (Å²) in [4.78, 5) is 15.2. The zero-order chi connectivity index (χ0) is 18.3. The fourth-order valence-corrected chi connectivity index (χ4v) is 3.81. The molecule has 0 fully saturated rings. The van der Waals surface area contributed by atoms with Crippen LogP contribution in [0.1, 0.15) is 41.6 Å². The maximum atomic E-state index is 13.1. The zero-order valence-electron chi connectivity index (χ0n) is 14.7. The van der Waals surface area contributed by atoms with E-state index in [4.69, 9.17) is 4.42 Å². The number of hydrogen-bond acceptors (Lipinski definition) is 5. The molecule has 5 heteroatoms. The second-order valence-corrected chi connectivity index (χ2v) is 6.26. The topological polar surface area (TPSA) is 69.3 Å². The van der Waals surface area contributed by atoms with Gasteiger partial charge in [0.1, 0.15) is 29.3 Å². The number of benzene rings is 1. The molecule has 0 saturated carbocycles. The minimum absolute atomic E-state index is 0.0455. The molecule has 2 heterocycles. The number of Topliss-reactive ketones (excluding diaryl/α,β-unsaturated/α-hetero) is 1. The summed E-state index contributed by atoms with van der Waals surface area (Å²) < 4.78 is 5.62. The Morgan fingerprint density at radius 1 is 1.15 bits per heavy atom. The van der Waals surface area contributed by atoms with Crippen molar-refractivity contribution in [3.63, 3.8) is 0 Å². The molecule has 1 N–H and O–H groups in total. The Kier molecular flexibility index (Phi) is 3.89. The molecule has 1 aliphatic heterocycles. The number of nitriles is 1. The van der Waals surface area contributed by atoms with Crippen LogP contribution in [0, 0.1) is 11.3 Å². The van der Waals surface area contributed by atoms with E-state index in [0.29, 0.717) is 22.5 Å². The Hall–Kier alpha value is -3.26. The van der Waals surface area contributed by atoms with Gasteiger partial charge in [0, 0.05) is 29.8 Å². The molecular formula is C21H19N3O2. The third-order valence-electron chi connectivity index (χ3n) is 5.03. The highest BCUT2D eigenvalue weighted by Crippen LogP contribution is 2.46. The number of fused-ring (bicyclic) bond motifs is 2. The van der Waals surface area contributed by atoms with E-state index in [1.54, 1.807) is 6.26 Å². The predicted octanol–water partition coefficient (Wildman–Crippen LogP) is 3.65. The van der Waals surface area contributed by atoms with Crippen LogP contribution in [0.3, 0.4) is 0 Å². The number of carbonyl (C=O) groups is 1. The molecule has 0 saturated heterocycles. The van der Waals surface area contributed by atoms with Gasteiger partial charge in [0.25, 0.3) is 0 Å². The van der Waals surface area contributed by atoms with Gasteiger partial charge in [0.2, 0.25) is 0 Å². The number of carbonyl (C=O) groups excluding carboxylic acids is 1. The van der Waals surface area contributed by atoms with Crippen molar-refractivity contribution in [3.05, 3.63) is 76.5 Å². The van der Waals surface area contributed by atoms with Gasteiger partial charge in [-0.25, -0.2) is 0 Å². The first-order valence-corrected chi connectivity index (χ1v) is 8.79. The Bertz CT molecular complexity index is 973. The summed E-state index contributed by atoms with van der Waals surface area (Å²) in [5.41, 5.74) is 3.31. The molecular weight excluding hydrogens is 326 g/mol. The molecule has 0 amide bonds. The highest BCUT2D eigenvalue weighted by Gasteiger charge is 2.42. The number of hydrogen-bond donors (Lipinski definition) is 1. The van der Waals surface area contributed by atoms with Gasteiger partial charge in [0.05, 0.1) is 6.26 Å². The van der Waals surface area contributed by atoms with Crippen LogP contribution < -0.4 is 5.32 Å². The lowest BCUT2D eigenvalue weighted by Crippen LogP contribution is -2.38. The van der Waals surface area contributed by atoms with Crippen molar-refractivity contribution in [1.29, 1.82) is 5.26 Å². The van der Waals surface area contributed by atoms with Gasteiger partial charge in [-0.2, -0.15) is 5.26 Å². The van der Waals surface area contributed by atoms with Gasteiger partial charge in [-0.3, -0.25) is 4.79 Å². The quantitative estimate of drug-likeness (QED) is 0.916. The predicted molar refractivity (Wildman–Crippen MR) is 97.8 cm³/mol. The molecule has 1 aromatic heterocycles. The fraction of sp³-hybridized carbons (Fsp3) is 0.238. The smallest absolute Gasteiger partial charge is 0.192 e. The molecule has 26 heavy (non-hydrogen) atoms. The van der Waals surface area contributed by atoms with E-state index < -0.39 is 6.04 Å². The zero-order valence-corrected chi connectivity index (χ0v) is 14.7. The summed E-state index contributed by atoms with van der Waals surface area (Å²) in [5.74, 6) is 1.37. The summed E-state index contributed by atoms with van der Waals surface area (Å²) in [7, 11) is 0. The van der Waals surface area contributed by atoms with E-state index >= 15 is 0 Å². The molecule has 2 aromatic rings. The number of allylic oxidation sites excluding steroid dienone is 2. The lowest BCUT2D eigenvalue weighted by Gasteiger charge is -2.34. The third-order valence-corrected chi connectivity index (χ3v) is 5.03. The van der Waals surface area contributed by atoms with Crippen molar-refractivity contribution in [2.24, 2.45) is 0 Å². The molecule has 0 bridgehead atoms. The van der Waals surface area contributed by atoms with E-state index in [0.717, 1.165) is 30.0 Å². The van der Waals surface area contributed by atoms with Crippen LogP contribution in [0.5, 0.6) is 0 Å². The van der Waals surface area contributed by atoms with Gasteiger partial charge in [-0.1, -0.05) is 24.3 Å². The van der Waals surface area contributed by atoms with Crippen molar-refractivity contribution < 1.29 is 9.21 Å². The highest BCUT2D eigenvalue weighted by atomic mass is 16.3. The lowest BCUT2D eigenvalue weighted by molar-refractivity contribution is 0.102. The molecule has 0 radical (unpaired) electrons. The third kappa shape index (κ3) is 2.19. The van der Waals surface area contributed by atoms with E-state index in [-0.39, 0.29) is 5.78 Å². The van der Waals surface area contributed by atoms with Crippen molar-refractivity contribution in [2.75, 3.05) is 13.1 Å². The number of nitrogens with one attached hydrogen (secondary N) is 1. The lowest BCUT2D eigenvalue weighted by atomic mass is 9.90. The fourth-order valence-electron chi connectivity index (χ4n) is 3.81. The number of ketones is 1. The molecule has 1 aromatic carbocycles. The normalized spacial score (nSPS) is 18.3. The second-order valence-electron chi connectivity index (χ2n) is 6.26. The van der Waals surface area contributed by atoms with Gasteiger partial charge < -0.3 is 14.6 Å². The number of nitrogens with zero attached hydrogens (tertiary/aromatic N) is 2. The van der Waals surface area contributed by atoms with E-state index in [2.05, 4.69) is 16.3 Å². The van der Waals surface area contributed by atoms with Crippen molar-refractivity contribution in [3.8, 4) is 6.07 Å².